The summed E-state index contributed by atoms with van der Waals surface area (Å²) in [6.45, 7) is 5.40. The van der Waals surface area contributed by atoms with Crippen molar-refractivity contribution < 1.29 is 19.1 Å². The van der Waals surface area contributed by atoms with Crippen LogP contribution in [0.3, 0.4) is 0 Å². The third-order valence-corrected chi connectivity index (χ3v) is 6.71. The van der Waals surface area contributed by atoms with Crippen molar-refractivity contribution in [1.82, 2.24) is 15.1 Å². The molecular weight excluding hydrogens is 430 g/mol. The van der Waals surface area contributed by atoms with E-state index in [1.807, 2.05) is 67.3 Å². The molecule has 2 aliphatic heterocycles. The Bertz CT molecular complexity index is 1000. The quantitative estimate of drug-likeness (QED) is 0.715. The molecule has 0 saturated carbocycles. The highest BCUT2D eigenvalue weighted by Crippen LogP contribution is 2.38. The van der Waals surface area contributed by atoms with Gasteiger partial charge in [-0.2, -0.15) is 0 Å². The third kappa shape index (κ3) is 4.99. The smallest absolute Gasteiger partial charge is 0.256 e. The molecule has 2 aliphatic rings. The maximum absolute atomic E-state index is 13.6. The summed E-state index contributed by atoms with van der Waals surface area (Å²) >= 11 is 0. The van der Waals surface area contributed by atoms with Crippen LogP contribution < -0.4 is 5.32 Å². The average Bonchev–Trinajstić information content (AvgIpc) is 3.23. The molecule has 1 N–H and O–H groups in total. The van der Waals surface area contributed by atoms with E-state index in [1.165, 1.54) is 0 Å². The SMILES string of the molecule is CC(C)C(=O)N1CCC2(CC1)OCC(C(=O)NCCc1ccccc1)N2C(=O)c1ccccc1. The fourth-order valence-corrected chi connectivity index (χ4v) is 4.82. The summed E-state index contributed by atoms with van der Waals surface area (Å²) in [5.41, 5.74) is 0.777. The molecule has 3 amide bonds. The van der Waals surface area contributed by atoms with Gasteiger partial charge < -0.3 is 15.0 Å². The zero-order valence-electron chi connectivity index (χ0n) is 19.9. The van der Waals surface area contributed by atoms with Gasteiger partial charge in [-0.25, -0.2) is 0 Å². The maximum atomic E-state index is 13.6. The topological polar surface area (TPSA) is 79.0 Å². The van der Waals surface area contributed by atoms with Crippen molar-refractivity contribution in [3.8, 4) is 0 Å². The summed E-state index contributed by atoms with van der Waals surface area (Å²) in [6, 6.07) is 18.3. The van der Waals surface area contributed by atoms with E-state index in [0.717, 1.165) is 5.56 Å². The molecule has 0 aromatic heterocycles. The van der Waals surface area contributed by atoms with E-state index < -0.39 is 11.8 Å². The third-order valence-electron chi connectivity index (χ3n) is 6.71. The molecule has 0 aliphatic carbocycles. The van der Waals surface area contributed by atoms with Gasteiger partial charge in [0, 0.05) is 44.0 Å². The first-order valence-corrected chi connectivity index (χ1v) is 12.0. The van der Waals surface area contributed by atoms with E-state index in [9.17, 15) is 14.4 Å². The van der Waals surface area contributed by atoms with E-state index in [4.69, 9.17) is 4.74 Å². The molecule has 34 heavy (non-hydrogen) atoms. The highest BCUT2D eigenvalue weighted by Gasteiger charge is 2.54. The lowest BCUT2D eigenvalue weighted by molar-refractivity contribution is -0.146. The molecule has 2 saturated heterocycles. The summed E-state index contributed by atoms with van der Waals surface area (Å²) in [7, 11) is 0. The molecule has 4 rings (SSSR count). The number of likely N-dealkylation sites (tertiary alicyclic amines) is 1. The van der Waals surface area contributed by atoms with Crippen LogP contribution in [0.1, 0.15) is 42.6 Å². The van der Waals surface area contributed by atoms with Crippen molar-refractivity contribution >= 4 is 17.7 Å². The Morgan fingerprint density at radius 1 is 1.00 bits per heavy atom. The largest absolute Gasteiger partial charge is 0.354 e. The molecule has 7 heteroatoms. The Hall–Kier alpha value is -3.19. The lowest BCUT2D eigenvalue weighted by atomic mass is 9.95. The number of hydrogen-bond acceptors (Lipinski definition) is 4. The van der Waals surface area contributed by atoms with E-state index in [-0.39, 0.29) is 30.2 Å². The molecule has 1 unspecified atom stereocenters. The molecule has 2 heterocycles. The number of benzene rings is 2. The van der Waals surface area contributed by atoms with Crippen molar-refractivity contribution in [3.63, 3.8) is 0 Å². The number of carbonyl (C=O) groups is 3. The van der Waals surface area contributed by atoms with Crippen LogP contribution in [0.15, 0.2) is 60.7 Å². The maximum Gasteiger partial charge on any atom is 0.256 e. The van der Waals surface area contributed by atoms with Crippen LogP contribution in [0.4, 0.5) is 0 Å². The predicted octanol–water partition coefficient (Wildman–Crippen LogP) is 2.86. The van der Waals surface area contributed by atoms with Gasteiger partial charge in [0.1, 0.15) is 11.8 Å². The minimum atomic E-state index is -0.887. The predicted molar refractivity (Wildman–Crippen MR) is 129 cm³/mol. The number of piperidine rings is 1. The second-order valence-corrected chi connectivity index (χ2v) is 9.32. The minimum Gasteiger partial charge on any atom is -0.354 e. The van der Waals surface area contributed by atoms with E-state index >= 15 is 0 Å². The molecule has 1 atom stereocenters. The second kappa shape index (κ2) is 10.4. The Morgan fingerprint density at radius 3 is 2.24 bits per heavy atom. The highest BCUT2D eigenvalue weighted by molar-refractivity contribution is 5.98. The Labute approximate surface area is 201 Å². The summed E-state index contributed by atoms with van der Waals surface area (Å²) in [6.07, 6.45) is 1.68. The van der Waals surface area contributed by atoms with Gasteiger partial charge >= 0.3 is 0 Å². The summed E-state index contributed by atoms with van der Waals surface area (Å²) < 4.78 is 6.23. The number of amides is 3. The molecular formula is C27H33N3O4. The summed E-state index contributed by atoms with van der Waals surface area (Å²) in [5.74, 6) is -0.407. The fraction of sp³-hybridized carbons (Fsp3) is 0.444. The number of ether oxygens (including phenoxy) is 1. The van der Waals surface area contributed by atoms with Crippen LogP contribution in [0.2, 0.25) is 0 Å². The minimum absolute atomic E-state index is 0.0799. The van der Waals surface area contributed by atoms with Crippen LogP contribution in [0.5, 0.6) is 0 Å². The number of carbonyl (C=O) groups excluding carboxylic acids is 3. The molecule has 2 fully saturated rings. The van der Waals surface area contributed by atoms with E-state index in [2.05, 4.69) is 5.32 Å². The molecule has 2 aromatic rings. The summed E-state index contributed by atoms with van der Waals surface area (Å²) in [4.78, 5) is 42.8. The average molecular weight is 464 g/mol. The second-order valence-electron chi connectivity index (χ2n) is 9.32. The van der Waals surface area contributed by atoms with Crippen LogP contribution in [-0.4, -0.2) is 65.5 Å². The zero-order chi connectivity index (χ0) is 24.1. The number of rotatable bonds is 6. The number of nitrogens with zero attached hydrogens (tertiary/aromatic N) is 2. The number of nitrogens with one attached hydrogen (secondary N) is 1. The highest BCUT2D eigenvalue weighted by atomic mass is 16.5. The number of hydrogen-bond donors (Lipinski definition) is 1. The first-order chi connectivity index (χ1) is 16.4. The van der Waals surface area contributed by atoms with Crippen LogP contribution in [-0.2, 0) is 20.7 Å². The van der Waals surface area contributed by atoms with Gasteiger partial charge in [0.15, 0.2) is 0 Å². The van der Waals surface area contributed by atoms with Crippen LogP contribution in [0.25, 0.3) is 0 Å². The van der Waals surface area contributed by atoms with Gasteiger partial charge in [0.2, 0.25) is 11.8 Å². The van der Waals surface area contributed by atoms with Gasteiger partial charge in [-0.15, -0.1) is 0 Å². The zero-order valence-corrected chi connectivity index (χ0v) is 19.9. The lowest BCUT2D eigenvalue weighted by Crippen LogP contribution is -2.60. The van der Waals surface area contributed by atoms with Gasteiger partial charge in [-0.1, -0.05) is 62.4 Å². The molecule has 2 aromatic carbocycles. The Morgan fingerprint density at radius 2 is 1.62 bits per heavy atom. The van der Waals surface area contributed by atoms with E-state index in [1.54, 1.807) is 17.0 Å². The molecule has 180 valence electrons. The monoisotopic (exact) mass is 463 g/mol. The van der Waals surface area contributed by atoms with Crippen molar-refractivity contribution in [2.75, 3.05) is 26.2 Å². The molecule has 0 bridgehead atoms. The van der Waals surface area contributed by atoms with Gasteiger partial charge in [0.05, 0.1) is 6.61 Å². The van der Waals surface area contributed by atoms with Gasteiger partial charge in [-0.05, 0) is 24.1 Å². The normalized spacial score (nSPS) is 19.4. The first kappa shape index (κ1) is 24.0. The first-order valence-electron chi connectivity index (χ1n) is 12.0. The van der Waals surface area contributed by atoms with Crippen molar-refractivity contribution in [2.24, 2.45) is 5.92 Å². The van der Waals surface area contributed by atoms with Crippen molar-refractivity contribution in [3.05, 3.63) is 71.8 Å². The van der Waals surface area contributed by atoms with Crippen molar-refractivity contribution in [2.45, 2.75) is 44.9 Å². The summed E-state index contributed by atoms with van der Waals surface area (Å²) in [5, 5.41) is 3.00. The van der Waals surface area contributed by atoms with Crippen LogP contribution >= 0.6 is 0 Å². The Kier molecular flexibility index (Phi) is 7.32. The molecule has 0 radical (unpaired) electrons. The van der Waals surface area contributed by atoms with E-state index in [0.29, 0.717) is 44.5 Å². The van der Waals surface area contributed by atoms with Crippen molar-refractivity contribution in [1.29, 1.82) is 0 Å². The fourth-order valence-electron chi connectivity index (χ4n) is 4.82. The van der Waals surface area contributed by atoms with Gasteiger partial charge in [-0.3, -0.25) is 19.3 Å². The van der Waals surface area contributed by atoms with Crippen LogP contribution in [0, 0.1) is 5.92 Å². The van der Waals surface area contributed by atoms with Gasteiger partial charge in [0.25, 0.3) is 5.91 Å². The lowest BCUT2D eigenvalue weighted by Gasteiger charge is -2.44. The Balaban J connectivity index is 1.50. The standard InChI is InChI=1S/C27H33N3O4/c1-20(2)25(32)29-17-14-27(15-18-29)30(26(33)22-11-7-4-8-12-22)23(19-34-27)24(31)28-16-13-21-9-5-3-6-10-21/h3-12,20,23H,13-19H2,1-2H3,(H,28,31). The molecule has 1 spiro atoms. The molecule has 7 nitrogen and oxygen atoms in total.